The quantitative estimate of drug-likeness (QED) is 0.246. The van der Waals surface area contributed by atoms with Crippen LogP contribution in [-0.2, 0) is 0 Å². The summed E-state index contributed by atoms with van der Waals surface area (Å²) in [6.07, 6.45) is 3.20. The first-order chi connectivity index (χ1) is 4.17. The van der Waals surface area contributed by atoms with E-state index in [1.54, 1.807) is 12.3 Å². The molecule has 0 saturated heterocycles. The van der Waals surface area contributed by atoms with Gasteiger partial charge >= 0.3 is 59.1 Å². The zero-order valence-corrected chi connectivity index (χ0v) is 13.0. The Hall–Kier alpha value is 1.95. The van der Waals surface area contributed by atoms with Crippen molar-refractivity contribution in [1.29, 1.82) is 5.26 Å². The molecule has 1 heterocycles. The third-order valence-corrected chi connectivity index (χ3v) is 3.82. The number of allylic oxidation sites excluding steroid dienone is 2. The second-order valence-corrected chi connectivity index (χ2v) is 7.14. The number of hydrogen-bond acceptors (Lipinski definition) is 4. The number of nitrogens with zero attached hydrogens (tertiary/aromatic N) is 2. The Labute approximate surface area is 125 Å². The summed E-state index contributed by atoms with van der Waals surface area (Å²) in [5.74, 6) is 0. The smallest absolute Gasteiger partial charge is 1.00 e. The third-order valence-electron chi connectivity index (χ3n) is 0.839. The predicted octanol–water partition coefficient (Wildman–Crippen LogP) is -3.88. The fourth-order valence-corrected chi connectivity index (χ4v) is 2.08. The predicted molar refractivity (Wildman–Crippen MR) is 50.0 cm³/mol. The van der Waals surface area contributed by atoms with Crippen molar-refractivity contribution in [1.82, 2.24) is 0 Å². The van der Waals surface area contributed by atoms with E-state index in [-0.39, 0.29) is 62.0 Å². The molecule has 11 heavy (non-hydrogen) atoms. The second-order valence-electron chi connectivity index (χ2n) is 1.42. The van der Waals surface area contributed by atoms with Crippen molar-refractivity contribution in [2.24, 2.45) is 4.40 Å². The maximum atomic E-state index is 8.43. The van der Waals surface area contributed by atoms with Crippen LogP contribution >= 0.6 is 31.6 Å². The van der Waals surface area contributed by atoms with E-state index in [1.807, 2.05) is 6.07 Å². The standard InChI is InChI=1S/C4H4N2S3.2Na.2H/c5-3-4-1-2-6-9(4,7)8;;;;/h1-2,7-8H;;;;/q;2*+1;2*-1. The summed E-state index contributed by atoms with van der Waals surface area (Å²) in [5, 5.41) is 8.43. The molecule has 0 saturated carbocycles. The molecule has 1 aliphatic rings. The van der Waals surface area contributed by atoms with Gasteiger partial charge in [-0.15, -0.1) is 0 Å². The van der Waals surface area contributed by atoms with E-state index in [4.69, 9.17) is 5.26 Å². The molecule has 0 bridgehead atoms. The number of thiol groups is 2. The van der Waals surface area contributed by atoms with Crippen LogP contribution in [0.5, 0.6) is 0 Å². The van der Waals surface area contributed by atoms with Crippen LogP contribution in [0.25, 0.3) is 0 Å². The summed E-state index contributed by atoms with van der Waals surface area (Å²) < 4.78 is 3.89. The molecule has 0 N–H and O–H groups in total. The Kier molecular flexibility index (Phi) is 8.99. The van der Waals surface area contributed by atoms with Gasteiger partial charge in [0.1, 0.15) is 11.0 Å². The van der Waals surface area contributed by atoms with Crippen LogP contribution in [0.1, 0.15) is 2.85 Å². The summed E-state index contributed by atoms with van der Waals surface area (Å²) in [7, 11) is -1.68. The molecular weight excluding hydrogens is 218 g/mol. The summed E-state index contributed by atoms with van der Waals surface area (Å²) in [6.45, 7) is 0. The van der Waals surface area contributed by atoms with Gasteiger partial charge in [0.2, 0.25) is 0 Å². The van der Waals surface area contributed by atoms with Gasteiger partial charge in [-0.1, -0.05) is 23.3 Å². The largest absolute Gasteiger partial charge is 1.00 e. The molecule has 0 aromatic heterocycles. The monoisotopic (exact) mass is 224 g/mol. The Bertz CT molecular complexity index is 238. The summed E-state index contributed by atoms with van der Waals surface area (Å²) in [4.78, 5) is 0.550. The maximum Gasteiger partial charge on any atom is 1.00 e. The van der Waals surface area contributed by atoms with Crippen LogP contribution in [0.15, 0.2) is 15.4 Å². The van der Waals surface area contributed by atoms with Crippen LogP contribution in [0.3, 0.4) is 0 Å². The minimum atomic E-state index is -1.68. The van der Waals surface area contributed by atoms with Crippen LogP contribution in [-0.4, -0.2) is 6.21 Å². The van der Waals surface area contributed by atoms with Crippen molar-refractivity contribution in [2.75, 3.05) is 0 Å². The first-order valence-electron chi connectivity index (χ1n) is 2.11. The van der Waals surface area contributed by atoms with Gasteiger partial charge in [-0.2, -0.15) is 5.26 Å². The normalized spacial score (nSPS) is 20.3. The summed E-state index contributed by atoms with van der Waals surface area (Å²) in [5.41, 5.74) is 0. The van der Waals surface area contributed by atoms with Crippen molar-refractivity contribution in [3.05, 3.63) is 11.0 Å². The number of rotatable bonds is 0. The van der Waals surface area contributed by atoms with Crippen LogP contribution in [0.4, 0.5) is 0 Å². The molecule has 0 fully saturated rings. The van der Waals surface area contributed by atoms with Crippen LogP contribution in [0, 0.1) is 11.3 Å². The minimum absolute atomic E-state index is 0. The SMILES string of the molecule is N#CC1=CC=NS1(S)S.[H-].[H-].[Na+].[Na+]. The van der Waals surface area contributed by atoms with E-state index in [0.717, 1.165) is 0 Å². The van der Waals surface area contributed by atoms with Gasteiger partial charge in [0.25, 0.3) is 0 Å². The molecule has 52 valence electrons. The molecule has 0 amide bonds. The maximum absolute atomic E-state index is 8.43. The van der Waals surface area contributed by atoms with Crippen molar-refractivity contribution < 1.29 is 62.0 Å². The van der Waals surface area contributed by atoms with Gasteiger partial charge in [0.15, 0.2) is 0 Å². The molecule has 2 nitrogen and oxygen atoms in total. The number of nitriles is 1. The van der Waals surface area contributed by atoms with Crippen LogP contribution < -0.4 is 59.1 Å². The Morgan fingerprint density at radius 3 is 2.27 bits per heavy atom. The molecule has 0 aromatic carbocycles. The molecular formula is C4H6N2Na2S3. The van der Waals surface area contributed by atoms with E-state index in [1.165, 1.54) is 0 Å². The van der Waals surface area contributed by atoms with E-state index in [0.29, 0.717) is 4.91 Å². The van der Waals surface area contributed by atoms with Crippen molar-refractivity contribution in [3.63, 3.8) is 0 Å². The van der Waals surface area contributed by atoms with Crippen molar-refractivity contribution in [2.45, 2.75) is 0 Å². The zero-order chi connectivity index (χ0) is 6.91. The topological polar surface area (TPSA) is 36.1 Å². The fraction of sp³-hybridized carbons (Fsp3) is 0. The van der Waals surface area contributed by atoms with Gasteiger partial charge in [-0.05, 0) is 14.4 Å². The molecule has 1 aliphatic heterocycles. The molecule has 0 spiro atoms. The van der Waals surface area contributed by atoms with Crippen molar-refractivity contribution >= 4 is 37.8 Å². The molecule has 7 heteroatoms. The Morgan fingerprint density at radius 1 is 1.55 bits per heavy atom. The van der Waals surface area contributed by atoms with E-state index >= 15 is 0 Å². The fourth-order valence-electron chi connectivity index (χ4n) is 0.430. The van der Waals surface area contributed by atoms with E-state index in [9.17, 15) is 0 Å². The minimum Gasteiger partial charge on any atom is -1.00 e. The van der Waals surface area contributed by atoms with Gasteiger partial charge in [0.05, 0.1) is 0 Å². The molecule has 1 rings (SSSR count). The van der Waals surface area contributed by atoms with E-state index < -0.39 is 8.28 Å². The summed E-state index contributed by atoms with van der Waals surface area (Å²) in [6, 6.07) is 1.97. The first kappa shape index (κ1) is 15.4. The first-order valence-corrected chi connectivity index (χ1v) is 5.80. The average Bonchev–Trinajstić information content (AvgIpc) is 2.08. The van der Waals surface area contributed by atoms with Gasteiger partial charge in [-0.25, -0.2) is 4.40 Å². The van der Waals surface area contributed by atoms with Crippen molar-refractivity contribution in [3.8, 4) is 6.07 Å². The number of hydrogen-bond donors (Lipinski definition) is 2. The van der Waals surface area contributed by atoms with Gasteiger partial charge in [0, 0.05) is 6.21 Å². The summed E-state index contributed by atoms with van der Waals surface area (Å²) >= 11 is 8.17. The average molecular weight is 224 g/mol. The zero-order valence-electron chi connectivity index (χ0n) is 8.35. The molecule has 0 aromatic rings. The van der Waals surface area contributed by atoms with Gasteiger partial charge < -0.3 is 2.85 Å². The molecule has 0 aliphatic carbocycles. The second kappa shape index (κ2) is 6.41. The molecule has 0 atom stereocenters. The third kappa shape index (κ3) is 4.12. The van der Waals surface area contributed by atoms with Gasteiger partial charge in [-0.3, -0.25) is 0 Å². The van der Waals surface area contributed by atoms with Crippen LogP contribution in [0.2, 0.25) is 0 Å². The molecule has 0 radical (unpaired) electrons. The Balaban J connectivity index is -0.000000101. The Morgan fingerprint density at radius 2 is 2.09 bits per heavy atom. The molecule has 0 unspecified atom stereocenters. The van der Waals surface area contributed by atoms with E-state index in [2.05, 4.69) is 27.7 Å².